The number of hydrogen-bond donors (Lipinski definition) is 1. The second kappa shape index (κ2) is 5.89. The topological polar surface area (TPSA) is 63.2 Å². The first-order chi connectivity index (χ1) is 9.62. The first kappa shape index (κ1) is 16.8. The zero-order valence-electron chi connectivity index (χ0n) is 11.9. The number of amides is 1. The molecular formula is C14H17BrClNO3S. The molecule has 0 atom stereocenters. The summed E-state index contributed by atoms with van der Waals surface area (Å²) in [5.41, 5.74) is 1.12. The van der Waals surface area contributed by atoms with E-state index in [1.165, 1.54) is 12.5 Å². The van der Waals surface area contributed by atoms with Crippen LogP contribution in [0, 0.1) is 12.3 Å². The molecule has 116 valence electrons. The van der Waals surface area contributed by atoms with Crippen LogP contribution in [0.3, 0.4) is 0 Å². The average molecular weight is 395 g/mol. The molecule has 2 rings (SSSR count). The Kier molecular flexibility index (Phi) is 4.71. The van der Waals surface area contributed by atoms with Crippen LogP contribution in [0.1, 0.15) is 42.1 Å². The average Bonchev–Trinajstić information content (AvgIpc) is 2.35. The van der Waals surface area contributed by atoms with E-state index in [2.05, 4.69) is 28.2 Å². The summed E-state index contributed by atoms with van der Waals surface area (Å²) >= 11 is 3.20. The highest BCUT2D eigenvalue weighted by Gasteiger charge is 2.32. The summed E-state index contributed by atoms with van der Waals surface area (Å²) < 4.78 is 23.5. The Morgan fingerprint density at radius 1 is 1.43 bits per heavy atom. The van der Waals surface area contributed by atoms with Gasteiger partial charge in [-0.1, -0.05) is 13.3 Å². The lowest BCUT2D eigenvalue weighted by molar-refractivity contribution is 0.0890. The molecule has 1 fully saturated rings. The predicted molar refractivity (Wildman–Crippen MR) is 86.2 cm³/mol. The molecule has 4 nitrogen and oxygen atoms in total. The summed E-state index contributed by atoms with van der Waals surface area (Å²) in [6, 6.07) is 2.95. The van der Waals surface area contributed by atoms with Crippen LogP contribution in [0.5, 0.6) is 0 Å². The van der Waals surface area contributed by atoms with E-state index in [0.29, 0.717) is 22.1 Å². The second-order valence-electron chi connectivity index (χ2n) is 5.89. The van der Waals surface area contributed by atoms with E-state index in [1.54, 1.807) is 13.0 Å². The standard InChI is InChI=1S/C14H17BrClNO3S/c1-9-6-10(7-11(12(9)15)21(16,19)20)13(18)17-8-14(2)4-3-5-14/h6-7H,3-5,8H2,1-2H3,(H,17,18). The Labute approximate surface area is 137 Å². The number of halogens is 2. The summed E-state index contributed by atoms with van der Waals surface area (Å²) in [6.07, 6.45) is 3.40. The van der Waals surface area contributed by atoms with Crippen LogP contribution < -0.4 is 5.32 Å². The Bertz CT molecular complexity index is 684. The van der Waals surface area contributed by atoms with Crippen molar-refractivity contribution in [2.24, 2.45) is 5.41 Å². The van der Waals surface area contributed by atoms with Crippen molar-refractivity contribution in [2.45, 2.75) is 38.0 Å². The molecule has 0 aliphatic heterocycles. The van der Waals surface area contributed by atoms with Crippen LogP contribution in [0.25, 0.3) is 0 Å². The molecule has 0 heterocycles. The van der Waals surface area contributed by atoms with Crippen molar-refractivity contribution in [1.29, 1.82) is 0 Å². The van der Waals surface area contributed by atoms with Crippen LogP contribution in [-0.4, -0.2) is 20.9 Å². The molecule has 0 saturated heterocycles. The van der Waals surface area contributed by atoms with Gasteiger partial charge in [-0.15, -0.1) is 0 Å². The number of hydrogen-bond acceptors (Lipinski definition) is 3. The summed E-state index contributed by atoms with van der Waals surface area (Å²) in [5.74, 6) is -0.278. The minimum absolute atomic E-state index is 0.0795. The maximum atomic E-state index is 12.2. The maximum absolute atomic E-state index is 12.2. The van der Waals surface area contributed by atoms with Gasteiger partial charge in [0.25, 0.3) is 15.0 Å². The lowest BCUT2D eigenvalue weighted by Gasteiger charge is -2.38. The molecule has 1 aliphatic carbocycles. The van der Waals surface area contributed by atoms with E-state index >= 15 is 0 Å². The van der Waals surface area contributed by atoms with Crippen LogP contribution in [0.2, 0.25) is 0 Å². The van der Waals surface area contributed by atoms with Gasteiger partial charge in [-0.3, -0.25) is 4.79 Å². The van der Waals surface area contributed by atoms with E-state index in [0.717, 1.165) is 12.8 Å². The summed E-state index contributed by atoms with van der Waals surface area (Å²) in [4.78, 5) is 12.1. The summed E-state index contributed by atoms with van der Waals surface area (Å²) in [6.45, 7) is 4.46. The highest BCUT2D eigenvalue weighted by atomic mass is 79.9. The molecule has 0 aromatic heterocycles. The quantitative estimate of drug-likeness (QED) is 0.794. The van der Waals surface area contributed by atoms with Gasteiger partial charge in [-0.25, -0.2) is 8.42 Å². The number of carbonyl (C=O) groups excluding carboxylic acids is 1. The van der Waals surface area contributed by atoms with Crippen LogP contribution in [-0.2, 0) is 9.05 Å². The van der Waals surface area contributed by atoms with Gasteiger partial charge in [0.05, 0.1) is 4.90 Å². The van der Waals surface area contributed by atoms with Crippen LogP contribution in [0.4, 0.5) is 0 Å². The predicted octanol–water partition coefficient (Wildman–Crippen LogP) is 3.61. The summed E-state index contributed by atoms with van der Waals surface area (Å²) in [5, 5.41) is 2.87. The number of rotatable bonds is 4. The van der Waals surface area contributed by atoms with Crippen molar-refractivity contribution in [1.82, 2.24) is 5.32 Å². The highest BCUT2D eigenvalue weighted by molar-refractivity contribution is 9.10. The minimum atomic E-state index is -3.90. The smallest absolute Gasteiger partial charge is 0.262 e. The van der Waals surface area contributed by atoms with E-state index in [4.69, 9.17) is 10.7 Å². The molecule has 1 aromatic rings. The Morgan fingerprint density at radius 3 is 2.52 bits per heavy atom. The molecular weight excluding hydrogens is 378 g/mol. The lowest BCUT2D eigenvalue weighted by atomic mass is 9.70. The molecule has 21 heavy (non-hydrogen) atoms. The van der Waals surface area contributed by atoms with Gasteiger partial charge >= 0.3 is 0 Å². The van der Waals surface area contributed by atoms with Gasteiger partial charge in [-0.05, 0) is 58.8 Å². The van der Waals surface area contributed by atoms with E-state index in [1.807, 2.05) is 0 Å². The number of nitrogens with one attached hydrogen (secondary N) is 1. The normalized spacial score (nSPS) is 17.1. The third-order valence-electron chi connectivity index (χ3n) is 3.98. The van der Waals surface area contributed by atoms with Gasteiger partial charge in [0.15, 0.2) is 0 Å². The zero-order chi connectivity index (χ0) is 15.8. The molecule has 1 saturated carbocycles. The van der Waals surface area contributed by atoms with Gasteiger partial charge in [0.1, 0.15) is 0 Å². The molecule has 0 radical (unpaired) electrons. The lowest BCUT2D eigenvalue weighted by Crippen LogP contribution is -2.40. The monoisotopic (exact) mass is 393 g/mol. The number of aryl methyl sites for hydroxylation is 1. The maximum Gasteiger partial charge on any atom is 0.262 e. The minimum Gasteiger partial charge on any atom is -0.351 e. The van der Waals surface area contributed by atoms with Crippen molar-refractivity contribution in [3.05, 3.63) is 27.7 Å². The molecule has 0 spiro atoms. The number of carbonyl (C=O) groups is 1. The molecule has 1 aliphatic rings. The Hall–Kier alpha value is -0.590. The van der Waals surface area contributed by atoms with Crippen molar-refractivity contribution in [3.63, 3.8) is 0 Å². The third-order valence-corrected chi connectivity index (χ3v) is 6.64. The molecule has 7 heteroatoms. The van der Waals surface area contributed by atoms with E-state index < -0.39 is 9.05 Å². The summed E-state index contributed by atoms with van der Waals surface area (Å²) in [7, 11) is 1.50. The van der Waals surface area contributed by atoms with Crippen molar-refractivity contribution >= 4 is 41.6 Å². The molecule has 1 amide bonds. The fraction of sp³-hybridized carbons (Fsp3) is 0.500. The molecule has 0 unspecified atom stereocenters. The van der Waals surface area contributed by atoms with E-state index in [-0.39, 0.29) is 16.2 Å². The van der Waals surface area contributed by atoms with Gasteiger partial charge in [0.2, 0.25) is 0 Å². The Morgan fingerprint density at radius 2 is 2.05 bits per heavy atom. The largest absolute Gasteiger partial charge is 0.351 e. The van der Waals surface area contributed by atoms with Gasteiger partial charge in [0, 0.05) is 27.3 Å². The Balaban J connectivity index is 2.23. The second-order valence-corrected chi connectivity index (χ2v) is 9.22. The molecule has 0 bridgehead atoms. The zero-order valence-corrected chi connectivity index (χ0v) is 15.0. The first-order valence-electron chi connectivity index (χ1n) is 6.65. The van der Waals surface area contributed by atoms with Crippen LogP contribution in [0.15, 0.2) is 21.5 Å². The van der Waals surface area contributed by atoms with Gasteiger partial charge in [-0.2, -0.15) is 0 Å². The van der Waals surface area contributed by atoms with Crippen molar-refractivity contribution in [2.75, 3.05) is 6.54 Å². The SMILES string of the molecule is Cc1cc(C(=O)NCC2(C)CCC2)cc(S(=O)(=O)Cl)c1Br. The third kappa shape index (κ3) is 3.79. The molecule has 1 aromatic carbocycles. The fourth-order valence-electron chi connectivity index (χ4n) is 2.40. The first-order valence-corrected chi connectivity index (χ1v) is 9.76. The van der Waals surface area contributed by atoms with Gasteiger partial charge < -0.3 is 5.32 Å². The van der Waals surface area contributed by atoms with Crippen molar-refractivity contribution < 1.29 is 13.2 Å². The highest BCUT2D eigenvalue weighted by Crippen LogP contribution is 2.39. The number of benzene rings is 1. The van der Waals surface area contributed by atoms with Crippen molar-refractivity contribution in [3.8, 4) is 0 Å². The van der Waals surface area contributed by atoms with E-state index in [9.17, 15) is 13.2 Å². The molecule has 1 N–H and O–H groups in total. The van der Waals surface area contributed by atoms with Crippen LogP contribution >= 0.6 is 26.6 Å². The fourth-order valence-corrected chi connectivity index (χ4v) is 4.55.